The maximum Gasteiger partial charge on any atom is 0.333 e. The zero-order valence-electron chi connectivity index (χ0n) is 24.6. The van der Waals surface area contributed by atoms with Gasteiger partial charge < -0.3 is 14.9 Å². The van der Waals surface area contributed by atoms with E-state index in [0.717, 1.165) is 12.3 Å². The van der Waals surface area contributed by atoms with Gasteiger partial charge in [-0.2, -0.15) is 0 Å². The van der Waals surface area contributed by atoms with E-state index in [4.69, 9.17) is 4.74 Å². The Morgan fingerprint density at radius 2 is 1.71 bits per heavy atom. The van der Waals surface area contributed by atoms with E-state index in [-0.39, 0.29) is 18.3 Å². The number of amides is 1. The summed E-state index contributed by atoms with van der Waals surface area (Å²) in [5.74, 6) is 0.568. The van der Waals surface area contributed by atoms with E-state index >= 15 is 0 Å². The van der Waals surface area contributed by atoms with E-state index in [1.54, 1.807) is 19.1 Å². The zero-order valence-corrected chi connectivity index (χ0v) is 24.6. The quantitative estimate of drug-likeness (QED) is 0.0562. The number of allylic oxidation sites excluding steroid dienone is 2. The number of unbranched alkanes of at least 4 members (excludes halogenated alkanes) is 3. The molecule has 1 saturated carbocycles. The number of nitrogens with one attached hydrogen (secondary N) is 1. The van der Waals surface area contributed by atoms with Gasteiger partial charge in [0.15, 0.2) is 0 Å². The molecule has 1 aliphatic rings. The van der Waals surface area contributed by atoms with Crippen molar-refractivity contribution in [2.24, 2.45) is 5.92 Å². The van der Waals surface area contributed by atoms with Gasteiger partial charge in [-0.1, -0.05) is 99.6 Å². The van der Waals surface area contributed by atoms with Crippen molar-refractivity contribution >= 4 is 11.9 Å². The molecule has 1 amide bonds. The minimum absolute atomic E-state index is 0.180. The van der Waals surface area contributed by atoms with Gasteiger partial charge in [-0.15, -0.1) is 10.1 Å². The topological polar surface area (TPSA) is 108 Å². The fourth-order valence-electron chi connectivity index (χ4n) is 4.79. The Hall–Kier alpha value is -3.68. The van der Waals surface area contributed by atoms with Crippen molar-refractivity contribution in [3.63, 3.8) is 0 Å². The lowest BCUT2D eigenvalue weighted by Crippen LogP contribution is -2.40. The molecular formula is C33H46N2O6. The molecule has 0 aliphatic heterocycles. The first-order valence-corrected chi connectivity index (χ1v) is 14.9. The molecule has 224 valence electrons. The molecule has 41 heavy (non-hydrogen) atoms. The van der Waals surface area contributed by atoms with E-state index < -0.39 is 17.1 Å². The average Bonchev–Trinajstić information content (AvgIpc) is 3.49. The highest BCUT2D eigenvalue weighted by Crippen LogP contribution is 2.29. The molecule has 8 nitrogen and oxygen atoms in total. The summed E-state index contributed by atoms with van der Waals surface area (Å²) < 4.78 is 5.16. The Bertz CT molecular complexity index is 1050. The van der Waals surface area contributed by atoms with Crippen molar-refractivity contribution in [2.45, 2.75) is 104 Å². The lowest BCUT2D eigenvalue weighted by atomic mass is 9.98. The van der Waals surface area contributed by atoms with Crippen LogP contribution in [0.25, 0.3) is 0 Å². The number of ether oxygens (including phenoxy) is 1. The molecule has 1 N–H and O–H groups in total. The number of carbonyl (C=O) groups excluding carboxylic acids is 2. The Labute approximate surface area is 244 Å². The Balaban J connectivity index is 0.000000314. The van der Waals surface area contributed by atoms with Crippen molar-refractivity contribution in [1.29, 1.82) is 0 Å². The first-order chi connectivity index (χ1) is 19.9. The summed E-state index contributed by atoms with van der Waals surface area (Å²) in [6.07, 6.45) is 18.8. The van der Waals surface area contributed by atoms with Crippen LogP contribution in [0, 0.1) is 16.0 Å². The Morgan fingerprint density at radius 3 is 2.37 bits per heavy atom. The van der Waals surface area contributed by atoms with E-state index in [2.05, 4.69) is 40.5 Å². The highest BCUT2D eigenvalue weighted by Gasteiger charge is 2.17. The second-order valence-electron chi connectivity index (χ2n) is 10.5. The third kappa shape index (κ3) is 15.6. The molecule has 0 heterocycles. The number of carbonyl (C=O) groups is 2. The molecule has 1 aliphatic carbocycles. The van der Waals surface area contributed by atoms with Crippen molar-refractivity contribution in [3.05, 3.63) is 88.0 Å². The fraction of sp³-hybridized carbons (Fsp3) is 0.515. The molecule has 1 atom stereocenters. The minimum Gasteiger partial charge on any atom is -0.425 e. The summed E-state index contributed by atoms with van der Waals surface area (Å²) in [5.41, 5.74) is 2.07. The molecule has 2 aromatic rings. The second-order valence-corrected chi connectivity index (χ2v) is 10.5. The number of rotatable bonds is 16. The van der Waals surface area contributed by atoms with Gasteiger partial charge in [0, 0.05) is 6.42 Å². The molecular weight excluding hydrogens is 520 g/mol. The molecule has 8 heteroatoms. The largest absolute Gasteiger partial charge is 0.425 e. The predicted octanol–water partition coefficient (Wildman–Crippen LogP) is 7.53. The summed E-state index contributed by atoms with van der Waals surface area (Å²) in [6, 6.07) is 16.2. The van der Waals surface area contributed by atoms with Crippen molar-refractivity contribution in [1.82, 2.24) is 5.32 Å². The zero-order chi connectivity index (χ0) is 29.7. The van der Waals surface area contributed by atoms with Gasteiger partial charge in [-0.25, -0.2) is 4.79 Å². The van der Waals surface area contributed by atoms with Crippen LogP contribution in [0.2, 0.25) is 0 Å². The number of aryl methyl sites for hydroxylation is 1. The van der Waals surface area contributed by atoms with Crippen LogP contribution in [-0.4, -0.2) is 23.0 Å². The summed E-state index contributed by atoms with van der Waals surface area (Å²) in [6.45, 7) is 3.28. The van der Waals surface area contributed by atoms with Crippen LogP contribution in [-0.2, 0) is 27.5 Å². The third-order valence-corrected chi connectivity index (χ3v) is 7.12. The summed E-state index contributed by atoms with van der Waals surface area (Å²) in [4.78, 5) is 38.1. The first kappa shape index (κ1) is 33.5. The van der Waals surface area contributed by atoms with Crippen LogP contribution in [0.1, 0.15) is 95.6 Å². The number of benzene rings is 2. The average molecular weight is 567 g/mol. The molecule has 0 aromatic heterocycles. The normalized spacial score (nSPS) is 13.7. The maximum atomic E-state index is 12.0. The SMILES string of the molecule is C/C=C\CCCC(=O)NC(C)C(=O)Oc1ccc(CO[N+](=O)[O-])cc1.c1ccc(CCCCCC2CCCC2)cc1. The van der Waals surface area contributed by atoms with Crippen LogP contribution in [0.4, 0.5) is 0 Å². The Kier molecular flexibility index (Phi) is 16.5. The van der Waals surface area contributed by atoms with Crippen LogP contribution in [0.15, 0.2) is 66.7 Å². The molecule has 0 saturated heterocycles. The van der Waals surface area contributed by atoms with Crippen molar-refractivity contribution in [2.75, 3.05) is 0 Å². The highest BCUT2D eigenvalue weighted by molar-refractivity contribution is 5.85. The van der Waals surface area contributed by atoms with E-state index in [9.17, 15) is 19.7 Å². The third-order valence-electron chi connectivity index (χ3n) is 7.12. The smallest absolute Gasteiger partial charge is 0.333 e. The van der Waals surface area contributed by atoms with Gasteiger partial charge in [-0.3, -0.25) is 4.79 Å². The molecule has 0 radical (unpaired) electrons. The summed E-state index contributed by atoms with van der Waals surface area (Å²) in [5, 5.41) is 11.8. The van der Waals surface area contributed by atoms with Crippen molar-refractivity contribution in [3.8, 4) is 5.75 Å². The predicted molar refractivity (Wildman–Crippen MR) is 161 cm³/mol. The summed E-state index contributed by atoms with van der Waals surface area (Å²) >= 11 is 0. The lowest BCUT2D eigenvalue weighted by molar-refractivity contribution is -0.763. The fourth-order valence-corrected chi connectivity index (χ4v) is 4.79. The molecule has 2 aromatic carbocycles. The standard InChI is InChI=1S/C17H22N2O6.C16H24/c1-3-4-5-6-7-16(20)18-13(2)17(21)25-15-10-8-14(9-11-15)12-24-19(22)23;1-3-9-15(10-4-1)11-5-2-6-12-16-13-7-8-14-16/h3-4,8-11,13H,5-7,12H2,1-2H3,(H,18,20);1,3-4,9-10,16H,2,5-8,11-14H2/b4-3-;. The van der Waals surface area contributed by atoms with Gasteiger partial charge in [0.2, 0.25) is 5.91 Å². The van der Waals surface area contributed by atoms with Gasteiger partial charge in [-0.05, 0) is 68.7 Å². The number of hydrogen-bond donors (Lipinski definition) is 1. The number of nitrogens with zero attached hydrogens (tertiary/aromatic N) is 1. The molecule has 0 bridgehead atoms. The number of esters is 1. The maximum absolute atomic E-state index is 12.0. The summed E-state index contributed by atoms with van der Waals surface area (Å²) in [7, 11) is 0. The molecule has 3 rings (SSSR count). The van der Waals surface area contributed by atoms with Gasteiger partial charge in [0.05, 0.1) is 0 Å². The van der Waals surface area contributed by atoms with E-state index in [1.165, 1.54) is 75.5 Å². The number of hydrogen-bond acceptors (Lipinski definition) is 6. The lowest BCUT2D eigenvalue weighted by Gasteiger charge is -2.13. The van der Waals surface area contributed by atoms with Crippen LogP contribution in [0.5, 0.6) is 5.75 Å². The monoisotopic (exact) mass is 566 g/mol. The second kappa shape index (κ2) is 20.2. The van der Waals surface area contributed by atoms with E-state index in [1.807, 2.05) is 19.1 Å². The van der Waals surface area contributed by atoms with Crippen LogP contribution >= 0.6 is 0 Å². The molecule has 1 unspecified atom stereocenters. The van der Waals surface area contributed by atoms with Gasteiger partial charge in [0.1, 0.15) is 18.4 Å². The Morgan fingerprint density at radius 1 is 1.00 bits per heavy atom. The van der Waals surface area contributed by atoms with Crippen molar-refractivity contribution < 1.29 is 24.3 Å². The first-order valence-electron chi connectivity index (χ1n) is 14.9. The van der Waals surface area contributed by atoms with Crippen LogP contribution in [0.3, 0.4) is 0 Å². The minimum atomic E-state index is -0.878. The van der Waals surface area contributed by atoms with Gasteiger partial charge >= 0.3 is 5.97 Å². The van der Waals surface area contributed by atoms with Gasteiger partial charge in [0.25, 0.3) is 5.09 Å². The molecule has 1 fully saturated rings. The highest BCUT2D eigenvalue weighted by atomic mass is 16.9. The van der Waals surface area contributed by atoms with E-state index in [0.29, 0.717) is 18.4 Å². The molecule has 0 spiro atoms. The van der Waals surface area contributed by atoms with Crippen LogP contribution < -0.4 is 10.1 Å².